The first-order chi connectivity index (χ1) is 20.3. The predicted molar refractivity (Wildman–Crippen MR) is 159 cm³/mol. The second kappa shape index (κ2) is 15.0. The van der Waals surface area contributed by atoms with Crippen molar-refractivity contribution >= 4 is 34.5 Å². The monoisotopic (exact) mass is 576 g/mol. The lowest BCUT2D eigenvalue weighted by atomic mass is 10.0. The number of aromatic hydroxyl groups is 1. The van der Waals surface area contributed by atoms with Gasteiger partial charge in [-0.1, -0.05) is 30.3 Å². The number of amides is 4. The van der Waals surface area contributed by atoms with Crippen molar-refractivity contribution in [1.29, 1.82) is 0 Å². The molecule has 1 aliphatic heterocycles. The van der Waals surface area contributed by atoms with Crippen molar-refractivity contribution in [3.63, 3.8) is 0 Å². The van der Waals surface area contributed by atoms with Gasteiger partial charge in [-0.2, -0.15) is 0 Å². The van der Waals surface area contributed by atoms with Gasteiger partial charge in [0.25, 0.3) is 0 Å². The van der Waals surface area contributed by atoms with Gasteiger partial charge in [0, 0.05) is 42.9 Å². The Bertz CT molecular complexity index is 1370. The van der Waals surface area contributed by atoms with Crippen LogP contribution < -0.4 is 27.0 Å². The highest BCUT2D eigenvalue weighted by Gasteiger charge is 2.30. The van der Waals surface area contributed by atoms with Gasteiger partial charge in [-0.3, -0.25) is 19.2 Å². The van der Waals surface area contributed by atoms with Crippen molar-refractivity contribution < 1.29 is 24.3 Å². The van der Waals surface area contributed by atoms with Gasteiger partial charge in [-0.05, 0) is 68.0 Å². The van der Waals surface area contributed by atoms with Crippen LogP contribution >= 0.6 is 0 Å². The van der Waals surface area contributed by atoms with Crippen molar-refractivity contribution in [2.75, 3.05) is 13.1 Å². The number of H-pyrrole nitrogens is 1. The van der Waals surface area contributed by atoms with E-state index in [0.29, 0.717) is 45.2 Å². The minimum absolute atomic E-state index is 0.0916. The largest absolute Gasteiger partial charge is 0.508 e. The molecule has 4 rings (SSSR count). The molecule has 1 aromatic heterocycles. The Balaban J connectivity index is 1.64. The molecule has 2 aromatic carbocycles. The lowest BCUT2D eigenvalue weighted by Crippen LogP contribution is -2.57. The zero-order valence-electron chi connectivity index (χ0n) is 23.7. The fourth-order valence-electron chi connectivity index (χ4n) is 5.12. The number of carbonyl (C=O) groups excluding carboxylic acids is 4. The van der Waals surface area contributed by atoms with Gasteiger partial charge >= 0.3 is 0 Å². The van der Waals surface area contributed by atoms with Gasteiger partial charge in [0.2, 0.25) is 23.6 Å². The van der Waals surface area contributed by atoms with Crippen LogP contribution in [0.15, 0.2) is 54.7 Å². The van der Waals surface area contributed by atoms with E-state index in [1.165, 1.54) is 12.1 Å². The number of phenols is 1. The highest BCUT2D eigenvalue weighted by atomic mass is 16.3. The minimum atomic E-state index is -1.02. The van der Waals surface area contributed by atoms with E-state index in [1.807, 2.05) is 24.3 Å². The summed E-state index contributed by atoms with van der Waals surface area (Å²) in [6, 6.07) is 11.3. The molecular formula is C31H40N6O5. The zero-order chi connectivity index (χ0) is 29.9. The number of para-hydroxylation sites is 1. The minimum Gasteiger partial charge on any atom is -0.508 e. The maximum absolute atomic E-state index is 13.8. The number of rotatable bonds is 8. The summed E-state index contributed by atoms with van der Waals surface area (Å²) in [6.07, 6.45) is 5.19. The van der Waals surface area contributed by atoms with E-state index < -0.39 is 29.9 Å². The number of aromatic nitrogens is 1. The number of hydrogen-bond acceptors (Lipinski definition) is 6. The molecule has 0 saturated carbocycles. The average molecular weight is 577 g/mol. The SMILES string of the molecule is NCCCC[C@@H]1NC(=O)[C@@H](Cc2c[nH]c3ccccc23)NC(=O)[C@H](Cc2ccc(O)cc2)NC(=O)CCCCNC1=O. The first kappa shape index (κ1) is 30.6. The Hall–Kier alpha value is -4.38. The molecule has 2 heterocycles. The van der Waals surface area contributed by atoms with E-state index >= 15 is 0 Å². The molecule has 11 nitrogen and oxygen atoms in total. The number of benzene rings is 2. The summed E-state index contributed by atoms with van der Waals surface area (Å²) in [5.41, 5.74) is 8.11. The molecule has 42 heavy (non-hydrogen) atoms. The molecule has 1 saturated heterocycles. The summed E-state index contributed by atoms with van der Waals surface area (Å²) >= 11 is 0. The quantitative estimate of drug-likeness (QED) is 0.200. The van der Waals surface area contributed by atoms with Crippen molar-refractivity contribution in [3.8, 4) is 5.75 Å². The van der Waals surface area contributed by atoms with Crippen LogP contribution in [0.25, 0.3) is 10.9 Å². The Morgan fingerprint density at radius 3 is 2.26 bits per heavy atom. The van der Waals surface area contributed by atoms with E-state index in [1.54, 1.807) is 18.3 Å². The first-order valence-electron chi connectivity index (χ1n) is 14.5. The Morgan fingerprint density at radius 2 is 1.50 bits per heavy atom. The number of hydrogen-bond donors (Lipinski definition) is 7. The van der Waals surface area contributed by atoms with E-state index in [-0.39, 0.29) is 36.8 Å². The molecule has 8 N–H and O–H groups in total. The number of phenolic OH excluding ortho intramolecular Hbond substituents is 1. The number of nitrogens with one attached hydrogen (secondary N) is 5. The zero-order valence-corrected chi connectivity index (χ0v) is 23.7. The summed E-state index contributed by atoms with van der Waals surface area (Å²) < 4.78 is 0. The van der Waals surface area contributed by atoms with Gasteiger partial charge in [0.05, 0.1) is 0 Å². The Labute approximate surface area is 245 Å². The molecule has 0 unspecified atom stereocenters. The second-order valence-electron chi connectivity index (χ2n) is 10.7. The lowest BCUT2D eigenvalue weighted by Gasteiger charge is -2.25. The summed E-state index contributed by atoms with van der Waals surface area (Å²) in [5, 5.41) is 22.0. The molecule has 0 bridgehead atoms. The Morgan fingerprint density at radius 1 is 0.786 bits per heavy atom. The van der Waals surface area contributed by atoms with Crippen LogP contribution in [-0.4, -0.2) is 64.9 Å². The first-order valence-corrected chi connectivity index (χ1v) is 14.5. The van der Waals surface area contributed by atoms with Crippen LogP contribution in [0.4, 0.5) is 0 Å². The highest BCUT2D eigenvalue weighted by molar-refractivity contribution is 5.95. The summed E-state index contributed by atoms with van der Waals surface area (Å²) in [7, 11) is 0. The third-order valence-electron chi connectivity index (χ3n) is 7.47. The van der Waals surface area contributed by atoms with Gasteiger partial charge < -0.3 is 37.1 Å². The molecule has 0 aliphatic carbocycles. The van der Waals surface area contributed by atoms with Crippen LogP contribution in [0.5, 0.6) is 5.75 Å². The maximum atomic E-state index is 13.8. The molecule has 224 valence electrons. The average Bonchev–Trinajstić information content (AvgIpc) is 3.39. The summed E-state index contributed by atoms with van der Waals surface area (Å²) in [4.78, 5) is 56.5. The fraction of sp³-hybridized carbons (Fsp3) is 0.419. The van der Waals surface area contributed by atoms with Gasteiger partial charge in [0.1, 0.15) is 23.9 Å². The van der Waals surface area contributed by atoms with Gasteiger partial charge in [-0.25, -0.2) is 0 Å². The fourth-order valence-corrected chi connectivity index (χ4v) is 5.12. The van der Waals surface area contributed by atoms with E-state index in [9.17, 15) is 24.3 Å². The third-order valence-corrected chi connectivity index (χ3v) is 7.47. The molecule has 3 aromatic rings. The smallest absolute Gasteiger partial charge is 0.243 e. The van der Waals surface area contributed by atoms with Crippen LogP contribution in [0.3, 0.4) is 0 Å². The van der Waals surface area contributed by atoms with Crippen LogP contribution in [-0.2, 0) is 32.0 Å². The highest BCUT2D eigenvalue weighted by Crippen LogP contribution is 2.20. The topological polar surface area (TPSA) is 178 Å². The maximum Gasteiger partial charge on any atom is 0.243 e. The van der Waals surface area contributed by atoms with Gasteiger partial charge in [-0.15, -0.1) is 0 Å². The van der Waals surface area contributed by atoms with E-state index in [2.05, 4.69) is 26.3 Å². The molecule has 0 spiro atoms. The summed E-state index contributed by atoms with van der Waals surface area (Å²) in [5.74, 6) is -1.52. The second-order valence-corrected chi connectivity index (χ2v) is 10.7. The van der Waals surface area contributed by atoms with Crippen LogP contribution in [0.2, 0.25) is 0 Å². The Kier molecular flexibility index (Phi) is 10.9. The van der Waals surface area contributed by atoms with Crippen LogP contribution in [0.1, 0.15) is 49.7 Å². The number of nitrogens with two attached hydrogens (primary N) is 1. The number of fused-ring (bicyclic) bond motifs is 1. The molecule has 0 radical (unpaired) electrons. The van der Waals surface area contributed by atoms with Gasteiger partial charge in [0.15, 0.2) is 0 Å². The van der Waals surface area contributed by atoms with Crippen molar-refractivity contribution in [2.24, 2.45) is 5.73 Å². The molecular weight excluding hydrogens is 536 g/mol. The number of unbranched alkanes of at least 4 members (excludes halogenated alkanes) is 1. The molecule has 1 fully saturated rings. The van der Waals surface area contributed by atoms with Crippen molar-refractivity contribution in [2.45, 2.75) is 69.5 Å². The lowest BCUT2D eigenvalue weighted by molar-refractivity contribution is -0.133. The van der Waals surface area contributed by atoms with E-state index in [4.69, 9.17) is 5.73 Å². The molecule has 11 heteroatoms. The predicted octanol–water partition coefficient (Wildman–Crippen LogP) is 1.54. The van der Waals surface area contributed by atoms with Crippen LogP contribution in [0, 0.1) is 0 Å². The number of aromatic amines is 1. The summed E-state index contributed by atoms with van der Waals surface area (Å²) in [6.45, 7) is 0.841. The normalized spacial score (nSPS) is 21.0. The van der Waals surface area contributed by atoms with Crippen molar-refractivity contribution in [1.82, 2.24) is 26.3 Å². The number of carbonyl (C=O) groups is 4. The third kappa shape index (κ3) is 8.56. The molecule has 1 aliphatic rings. The van der Waals surface area contributed by atoms with E-state index in [0.717, 1.165) is 22.0 Å². The van der Waals surface area contributed by atoms with Crippen molar-refractivity contribution in [3.05, 3.63) is 65.9 Å². The standard InChI is InChI=1S/C31H40N6O5/c32-15-5-3-9-25-29(40)33-16-6-4-10-28(39)35-26(17-20-11-13-22(38)14-12-20)30(41)37-27(31(42)36-25)18-21-19-34-24-8-2-1-7-23(21)24/h1-2,7-8,11-14,19,25-27,34,38H,3-6,9-10,15-18,32H2,(H,33,40)(H,35,39)(H,36,42)(H,37,41)/t25-,26-,27+/m0/s1. The molecule has 3 atom stereocenters. The molecule has 4 amide bonds.